The molecule has 1 nitrogen and oxygen atoms in total. The lowest BCUT2D eigenvalue weighted by Gasteiger charge is -2.10. The highest BCUT2D eigenvalue weighted by molar-refractivity contribution is 9.10. The summed E-state index contributed by atoms with van der Waals surface area (Å²) in [5, 5.41) is 12.0. The lowest BCUT2D eigenvalue weighted by atomic mass is 10.2. The van der Waals surface area contributed by atoms with E-state index in [1.165, 1.54) is 9.77 Å². The van der Waals surface area contributed by atoms with Gasteiger partial charge in [-0.05, 0) is 52.4 Å². The highest BCUT2D eigenvalue weighted by Gasteiger charge is 2.07. The highest BCUT2D eigenvalue weighted by atomic mass is 79.9. The second-order valence-corrected chi connectivity index (χ2v) is 6.96. The molecule has 2 aromatic rings. The molecule has 0 spiro atoms. The molecule has 0 aliphatic rings. The van der Waals surface area contributed by atoms with Gasteiger partial charge in [-0.25, -0.2) is 0 Å². The van der Waals surface area contributed by atoms with E-state index in [1.807, 2.05) is 18.2 Å². The predicted octanol–water partition coefficient (Wildman–Crippen LogP) is 4.60. The van der Waals surface area contributed by atoms with E-state index >= 15 is 0 Å². The van der Waals surface area contributed by atoms with E-state index in [9.17, 15) is 5.11 Å². The summed E-state index contributed by atoms with van der Waals surface area (Å²) in [6.07, 6.45) is 1.55. The van der Waals surface area contributed by atoms with Gasteiger partial charge >= 0.3 is 0 Å². The minimum absolute atomic E-state index is 0.246. The minimum atomic E-state index is -0.246. The van der Waals surface area contributed by atoms with Crippen LogP contribution in [0.15, 0.2) is 51.1 Å². The van der Waals surface area contributed by atoms with Crippen LogP contribution in [0.5, 0.6) is 0 Å². The molecule has 2 rings (SSSR count). The molecule has 1 aromatic carbocycles. The van der Waals surface area contributed by atoms with Gasteiger partial charge in [0, 0.05) is 20.0 Å². The van der Waals surface area contributed by atoms with Crippen LogP contribution in [0.25, 0.3) is 0 Å². The van der Waals surface area contributed by atoms with Crippen molar-refractivity contribution in [2.45, 2.75) is 23.8 Å². The van der Waals surface area contributed by atoms with Crippen molar-refractivity contribution in [1.29, 1.82) is 0 Å². The van der Waals surface area contributed by atoms with Crippen LogP contribution in [0.3, 0.4) is 0 Å². The molecular formula is C14H15BrOS2. The minimum Gasteiger partial charge on any atom is -0.392 e. The van der Waals surface area contributed by atoms with E-state index in [0.717, 1.165) is 23.1 Å². The molecule has 0 saturated carbocycles. The summed E-state index contributed by atoms with van der Waals surface area (Å²) in [5.41, 5.74) is 0. The number of hydrogen-bond donors (Lipinski definition) is 1. The SMILES string of the molecule is OC(CCc1cccs1)CSc1ccccc1Br. The number of hydrogen-bond acceptors (Lipinski definition) is 3. The van der Waals surface area contributed by atoms with E-state index < -0.39 is 0 Å². The third-order valence-electron chi connectivity index (χ3n) is 2.57. The van der Waals surface area contributed by atoms with Crippen LogP contribution in [0, 0.1) is 0 Å². The lowest BCUT2D eigenvalue weighted by molar-refractivity contribution is 0.190. The number of aliphatic hydroxyl groups is 1. The predicted molar refractivity (Wildman–Crippen MR) is 83.5 cm³/mol. The van der Waals surface area contributed by atoms with Crippen molar-refractivity contribution >= 4 is 39.0 Å². The summed E-state index contributed by atoms with van der Waals surface area (Å²) in [6.45, 7) is 0. The van der Waals surface area contributed by atoms with Crippen LogP contribution in [-0.2, 0) is 6.42 Å². The largest absolute Gasteiger partial charge is 0.392 e. The van der Waals surface area contributed by atoms with Crippen LogP contribution >= 0.6 is 39.0 Å². The first-order valence-corrected chi connectivity index (χ1v) is 8.49. The van der Waals surface area contributed by atoms with Crippen LogP contribution in [0.2, 0.25) is 0 Å². The van der Waals surface area contributed by atoms with Gasteiger partial charge in [0.15, 0.2) is 0 Å². The Hall–Kier alpha value is -0.290. The maximum Gasteiger partial charge on any atom is 0.0637 e. The van der Waals surface area contributed by atoms with Crippen LogP contribution in [0.4, 0.5) is 0 Å². The third-order valence-corrected chi connectivity index (χ3v) is 5.68. The molecule has 4 heteroatoms. The van der Waals surface area contributed by atoms with Crippen molar-refractivity contribution in [3.8, 4) is 0 Å². The Kier molecular flexibility index (Phi) is 5.76. The Labute approximate surface area is 124 Å². The van der Waals surface area contributed by atoms with E-state index in [-0.39, 0.29) is 6.10 Å². The van der Waals surface area contributed by atoms with Gasteiger partial charge in [-0.2, -0.15) is 0 Å². The van der Waals surface area contributed by atoms with Gasteiger partial charge in [0.05, 0.1) is 6.10 Å². The quantitative estimate of drug-likeness (QED) is 0.774. The van der Waals surface area contributed by atoms with E-state index in [0.29, 0.717) is 0 Å². The van der Waals surface area contributed by atoms with Crippen LogP contribution in [0.1, 0.15) is 11.3 Å². The molecule has 0 aliphatic heterocycles. The van der Waals surface area contributed by atoms with Crippen molar-refractivity contribution in [1.82, 2.24) is 0 Å². The van der Waals surface area contributed by atoms with E-state index in [1.54, 1.807) is 23.1 Å². The molecular weight excluding hydrogens is 328 g/mol. The molecule has 18 heavy (non-hydrogen) atoms. The van der Waals surface area contributed by atoms with Crippen molar-refractivity contribution < 1.29 is 5.11 Å². The summed E-state index contributed by atoms with van der Waals surface area (Å²) in [7, 11) is 0. The molecule has 0 fully saturated rings. The molecule has 0 bridgehead atoms. The van der Waals surface area contributed by atoms with Crippen molar-refractivity contribution in [2.75, 3.05) is 5.75 Å². The maximum absolute atomic E-state index is 9.97. The van der Waals surface area contributed by atoms with Crippen molar-refractivity contribution in [2.24, 2.45) is 0 Å². The van der Waals surface area contributed by atoms with Gasteiger partial charge in [-0.15, -0.1) is 23.1 Å². The zero-order chi connectivity index (χ0) is 12.8. The average molecular weight is 343 g/mol. The molecule has 0 aliphatic carbocycles. The van der Waals surface area contributed by atoms with Crippen LogP contribution in [-0.4, -0.2) is 17.0 Å². The fraction of sp³-hybridized carbons (Fsp3) is 0.286. The molecule has 0 radical (unpaired) electrons. The standard InChI is InChI=1S/C14H15BrOS2/c15-13-5-1-2-6-14(13)18-10-11(16)7-8-12-4-3-9-17-12/h1-6,9,11,16H,7-8,10H2. The van der Waals surface area contributed by atoms with Gasteiger partial charge in [0.25, 0.3) is 0 Å². The van der Waals surface area contributed by atoms with Crippen LogP contribution < -0.4 is 0 Å². The number of aliphatic hydroxyl groups excluding tert-OH is 1. The number of thioether (sulfide) groups is 1. The average Bonchev–Trinajstić information content (AvgIpc) is 2.88. The zero-order valence-electron chi connectivity index (χ0n) is 9.88. The topological polar surface area (TPSA) is 20.2 Å². The monoisotopic (exact) mass is 342 g/mol. The third kappa shape index (κ3) is 4.43. The Balaban J connectivity index is 1.75. The van der Waals surface area contributed by atoms with Gasteiger partial charge in [0.2, 0.25) is 0 Å². The molecule has 1 heterocycles. The summed E-state index contributed by atoms with van der Waals surface area (Å²) in [5.74, 6) is 0.744. The van der Waals surface area contributed by atoms with Crippen molar-refractivity contribution in [3.63, 3.8) is 0 Å². The molecule has 1 aromatic heterocycles. The molecule has 0 amide bonds. The number of halogens is 1. The van der Waals surface area contributed by atoms with E-state index in [2.05, 4.69) is 39.5 Å². The number of rotatable bonds is 6. The second-order valence-electron chi connectivity index (χ2n) is 4.01. The Bertz CT molecular complexity index is 470. The first-order chi connectivity index (χ1) is 8.75. The normalized spacial score (nSPS) is 12.6. The summed E-state index contributed by atoms with van der Waals surface area (Å²) < 4.78 is 1.10. The van der Waals surface area contributed by atoms with Gasteiger partial charge in [-0.3, -0.25) is 0 Å². The van der Waals surface area contributed by atoms with E-state index in [4.69, 9.17) is 0 Å². The molecule has 1 atom stereocenters. The first-order valence-electron chi connectivity index (χ1n) is 5.83. The lowest BCUT2D eigenvalue weighted by Crippen LogP contribution is -2.10. The summed E-state index contributed by atoms with van der Waals surface area (Å²) in [6, 6.07) is 12.3. The Morgan fingerprint density at radius 2 is 2.06 bits per heavy atom. The maximum atomic E-state index is 9.97. The second kappa shape index (κ2) is 7.34. The first kappa shape index (κ1) is 14.1. The van der Waals surface area contributed by atoms with Gasteiger partial charge < -0.3 is 5.11 Å². The fourth-order valence-corrected chi connectivity index (χ4v) is 3.87. The number of thiophene rings is 1. The fourth-order valence-electron chi connectivity index (χ4n) is 1.59. The summed E-state index contributed by atoms with van der Waals surface area (Å²) in [4.78, 5) is 2.53. The smallest absolute Gasteiger partial charge is 0.0637 e. The zero-order valence-corrected chi connectivity index (χ0v) is 13.1. The molecule has 1 N–H and O–H groups in total. The summed E-state index contributed by atoms with van der Waals surface area (Å²) >= 11 is 6.97. The molecule has 0 saturated heterocycles. The van der Waals surface area contributed by atoms with Crippen molar-refractivity contribution in [3.05, 3.63) is 51.1 Å². The molecule has 96 valence electrons. The number of aryl methyl sites for hydroxylation is 1. The molecule has 1 unspecified atom stereocenters. The number of benzene rings is 1. The van der Waals surface area contributed by atoms with Gasteiger partial charge in [-0.1, -0.05) is 18.2 Å². The van der Waals surface area contributed by atoms with Gasteiger partial charge in [0.1, 0.15) is 0 Å². The Morgan fingerprint density at radius 3 is 2.78 bits per heavy atom. The Morgan fingerprint density at radius 1 is 1.22 bits per heavy atom. The highest BCUT2D eigenvalue weighted by Crippen LogP contribution is 2.28.